The fourth-order valence-corrected chi connectivity index (χ4v) is 0.263. The molecule has 0 bridgehead atoms. The van der Waals surface area contributed by atoms with Gasteiger partial charge in [0.2, 0.25) is 0 Å². The second-order valence-electron chi connectivity index (χ2n) is 1.73. The minimum atomic E-state index is -0.108. The molecular formula is C5H9N3OS. The van der Waals surface area contributed by atoms with E-state index in [1.165, 1.54) is 6.92 Å². The van der Waals surface area contributed by atoms with Gasteiger partial charge in [-0.05, 0) is 19.1 Å². The highest BCUT2D eigenvalue weighted by atomic mass is 32.1. The van der Waals surface area contributed by atoms with Crippen LogP contribution in [0.3, 0.4) is 0 Å². The highest BCUT2D eigenvalue weighted by Crippen LogP contribution is 1.75. The van der Waals surface area contributed by atoms with Crippen molar-refractivity contribution in [3.8, 4) is 0 Å². The van der Waals surface area contributed by atoms with Crippen molar-refractivity contribution in [2.75, 3.05) is 0 Å². The first kappa shape index (κ1) is 9.03. The van der Waals surface area contributed by atoms with Crippen molar-refractivity contribution in [1.29, 1.82) is 0 Å². The third-order valence-corrected chi connectivity index (χ3v) is 0.935. The van der Waals surface area contributed by atoms with Crippen molar-refractivity contribution in [2.45, 2.75) is 13.8 Å². The lowest BCUT2D eigenvalue weighted by Gasteiger charge is -1.95. The number of carbonyl (C=O) groups excluding carboxylic acids is 1. The zero-order valence-electron chi connectivity index (χ0n) is 5.84. The Bertz CT molecular complexity index is 187. The van der Waals surface area contributed by atoms with Crippen LogP contribution in [0.15, 0.2) is 5.10 Å². The van der Waals surface area contributed by atoms with Crippen molar-refractivity contribution < 1.29 is 4.79 Å². The predicted octanol–water partition coefficient (Wildman–Crippen LogP) is -0.215. The summed E-state index contributed by atoms with van der Waals surface area (Å²) < 4.78 is 0. The smallest absolute Gasteiger partial charge is 0.184 e. The minimum Gasteiger partial charge on any atom is -0.375 e. The zero-order chi connectivity index (χ0) is 8.15. The van der Waals surface area contributed by atoms with E-state index in [0.717, 1.165) is 0 Å². The van der Waals surface area contributed by atoms with Crippen LogP contribution in [0.4, 0.5) is 0 Å². The molecule has 0 aromatic rings. The van der Waals surface area contributed by atoms with Gasteiger partial charge in [0.05, 0.1) is 0 Å². The summed E-state index contributed by atoms with van der Waals surface area (Å²) in [6, 6.07) is 0. The highest BCUT2D eigenvalue weighted by molar-refractivity contribution is 7.80. The first-order chi connectivity index (χ1) is 4.54. The Morgan fingerprint density at radius 3 is 2.40 bits per heavy atom. The van der Waals surface area contributed by atoms with E-state index in [2.05, 4.69) is 22.7 Å². The molecule has 0 aliphatic heterocycles. The summed E-state index contributed by atoms with van der Waals surface area (Å²) in [5.41, 5.74) is 7.70. The third-order valence-electron chi connectivity index (χ3n) is 0.843. The molecule has 0 atom stereocenters. The summed E-state index contributed by atoms with van der Waals surface area (Å²) in [5.74, 6) is -0.108. The normalized spacial score (nSPS) is 10.8. The Morgan fingerprint density at radius 2 is 2.10 bits per heavy atom. The Labute approximate surface area is 64.5 Å². The Kier molecular flexibility index (Phi) is 3.56. The van der Waals surface area contributed by atoms with Crippen LogP contribution in [0.25, 0.3) is 0 Å². The summed E-state index contributed by atoms with van der Waals surface area (Å²) >= 11 is 4.45. The van der Waals surface area contributed by atoms with E-state index in [-0.39, 0.29) is 10.9 Å². The number of hydrogen-bond donors (Lipinski definition) is 2. The van der Waals surface area contributed by atoms with Crippen LogP contribution in [0.1, 0.15) is 13.8 Å². The number of thiocarbonyl (C=S) groups is 1. The molecule has 0 aliphatic carbocycles. The maximum Gasteiger partial charge on any atom is 0.184 e. The van der Waals surface area contributed by atoms with Crippen molar-refractivity contribution in [3.05, 3.63) is 0 Å². The number of Topliss-reactive ketones (excluding diaryl/α,β-unsaturated/α-hetero) is 1. The van der Waals surface area contributed by atoms with Crippen molar-refractivity contribution >= 4 is 28.8 Å². The van der Waals surface area contributed by atoms with E-state index >= 15 is 0 Å². The highest BCUT2D eigenvalue weighted by Gasteiger charge is 1.95. The average Bonchev–Trinajstić information content (AvgIpc) is 1.82. The van der Waals surface area contributed by atoms with Gasteiger partial charge in [0.1, 0.15) is 5.71 Å². The van der Waals surface area contributed by atoms with Crippen LogP contribution in [-0.2, 0) is 4.79 Å². The Balaban J connectivity index is 3.92. The van der Waals surface area contributed by atoms with Crippen LogP contribution in [0.5, 0.6) is 0 Å². The van der Waals surface area contributed by atoms with Gasteiger partial charge in [-0.2, -0.15) is 5.10 Å². The molecule has 4 nitrogen and oxygen atoms in total. The van der Waals surface area contributed by atoms with E-state index in [9.17, 15) is 4.79 Å². The van der Waals surface area contributed by atoms with Crippen molar-refractivity contribution in [2.24, 2.45) is 10.8 Å². The summed E-state index contributed by atoms with van der Waals surface area (Å²) in [4.78, 5) is 10.5. The number of hydrogen-bond acceptors (Lipinski definition) is 3. The van der Waals surface area contributed by atoms with Gasteiger partial charge in [0.15, 0.2) is 10.9 Å². The lowest BCUT2D eigenvalue weighted by Crippen LogP contribution is -2.26. The second-order valence-corrected chi connectivity index (χ2v) is 2.17. The van der Waals surface area contributed by atoms with Crippen molar-refractivity contribution in [3.63, 3.8) is 0 Å². The molecule has 0 fully saturated rings. The number of nitrogens with zero attached hydrogens (tertiary/aromatic N) is 1. The lowest BCUT2D eigenvalue weighted by molar-refractivity contribution is -0.111. The van der Waals surface area contributed by atoms with Gasteiger partial charge in [0, 0.05) is 6.92 Å². The number of nitrogens with one attached hydrogen (secondary N) is 1. The van der Waals surface area contributed by atoms with E-state index in [0.29, 0.717) is 5.71 Å². The summed E-state index contributed by atoms with van der Waals surface area (Å²) in [6.07, 6.45) is 0. The molecule has 0 saturated heterocycles. The summed E-state index contributed by atoms with van der Waals surface area (Å²) in [7, 11) is 0. The fraction of sp³-hybridized carbons (Fsp3) is 0.400. The third kappa shape index (κ3) is 3.96. The van der Waals surface area contributed by atoms with E-state index < -0.39 is 0 Å². The Morgan fingerprint density at radius 1 is 1.60 bits per heavy atom. The number of hydrazone groups is 1. The molecule has 3 N–H and O–H groups in total. The number of carbonyl (C=O) groups is 1. The van der Waals surface area contributed by atoms with Crippen LogP contribution >= 0.6 is 12.2 Å². The van der Waals surface area contributed by atoms with Crippen LogP contribution in [0, 0.1) is 0 Å². The molecule has 0 heterocycles. The van der Waals surface area contributed by atoms with E-state index in [1.807, 2.05) is 0 Å². The molecule has 0 amide bonds. The second kappa shape index (κ2) is 3.94. The summed E-state index contributed by atoms with van der Waals surface area (Å²) in [5, 5.41) is 3.63. The van der Waals surface area contributed by atoms with Crippen LogP contribution < -0.4 is 11.2 Å². The number of rotatable bonds is 2. The first-order valence-electron chi connectivity index (χ1n) is 2.64. The Hall–Kier alpha value is -0.970. The molecule has 0 spiro atoms. The molecule has 10 heavy (non-hydrogen) atoms. The standard InChI is InChI=1S/C5H9N3OS/c1-3(4(2)9)7-8-5(6)10/h1-2H3,(H3,6,8,10). The number of ketones is 1. The van der Waals surface area contributed by atoms with Gasteiger partial charge >= 0.3 is 0 Å². The van der Waals surface area contributed by atoms with Crippen LogP contribution in [0.2, 0.25) is 0 Å². The van der Waals surface area contributed by atoms with Crippen LogP contribution in [-0.4, -0.2) is 16.6 Å². The fourth-order valence-electron chi connectivity index (χ4n) is 0.218. The lowest BCUT2D eigenvalue weighted by atomic mass is 10.3. The average molecular weight is 159 g/mol. The van der Waals surface area contributed by atoms with Gasteiger partial charge in [-0.3, -0.25) is 10.2 Å². The zero-order valence-corrected chi connectivity index (χ0v) is 6.66. The quantitative estimate of drug-likeness (QED) is 0.332. The minimum absolute atomic E-state index is 0.0561. The van der Waals surface area contributed by atoms with Gasteiger partial charge in [-0.25, -0.2) is 0 Å². The monoisotopic (exact) mass is 159 g/mol. The van der Waals surface area contributed by atoms with E-state index in [1.54, 1.807) is 6.92 Å². The molecule has 0 unspecified atom stereocenters. The number of nitrogens with two attached hydrogens (primary N) is 1. The largest absolute Gasteiger partial charge is 0.375 e. The van der Waals surface area contributed by atoms with Gasteiger partial charge in [-0.1, -0.05) is 0 Å². The molecule has 56 valence electrons. The molecule has 0 radical (unpaired) electrons. The molecule has 0 aromatic carbocycles. The van der Waals surface area contributed by atoms with Gasteiger partial charge < -0.3 is 5.73 Å². The predicted molar refractivity (Wildman–Crippen MR) is 43.7 cm³/mol. The van der Waals surface area contributed by atoms with Gasteiger partial charge in [-0.15, -0.1) is 0 Å². The first-order valence-corrected chi connectivity index (χ1v) is 3.05. The topological polar surface area (TPSA) is 67.5 Å². The molecular weight excluding hydrogens is 150 g/mol. The van der Waals surface area contributed by atoms with Gasteiger partial charge in [0.25, 0.3) is 0 Å². The molecule has 0 rings (SSSR count). The molecule has 5 heteroatoms. The molecule has 0 aromatic heterocycles. The molecule has 0 aliphatic rings. The van der Waals surface area contributed by atoms with E-state index in [4.69, 9.17) is 5.73 Å². The summed E-state index contributed by atoms with van der Waals surface area (Å²) in [6.45, 7) is 2.99. The maximum atomic E-state index is 10.5. The maximum absolute atomic E-state index is 10.5. The molecule has 0 saturated carbocycles. The SMILES string of the molecule is CC(=O)C(C)=NNC(N)=S. The van der Waals surface area contributed by atoms with Crippen molar-refractivity contribution in [1.82, 2.24) is 5.43 Å².